The molecule has 1 amide bonds. The summed E-state index contributed by atoms with van der Waals surface area (Å²) < 4.78 is 4.78. The lowest BCUT2D eigenvalue weighted by Crippen LogP contribution is -2.16. The number of hydrogen-bond acceptors (Lipinski definition) is 7. The standard InChI is InChI=1S/C22H22ClN5O5/c1-12(29)33-11-28-26-19(25-27-28)15-9-16(21(31)32)18(10-17(15)23)24-20(30)13-5-7-14(8-6-13)22(2,3)4/h5-10H,11H2,1-4H3,(H,24,30)(H,31,32). The van der Waals surface area contributed by atoms with Crippen molar-refractivity contribution in [2.45, 2.75) is 39.8 Å². The van der Waals surface area contributed by atoms with Crippen LogP contribution in [0.15, 0.2) is 36.4 Å². The number of anilines is 1. The number of nitrogens with zero attached hydrogens (tertiary/aromatic N) is 4. The number of ether oxygens (including phenoxy) is 1. The maximum Gasteiger partial charge on any atom is 0.337 e. The van der Waals surface area contributed by atoms with Crippen molar-refractivity contribution >= 4 is 35.1 Å². The first kappa shape index (κ1) is 23.9. The average Bonchev–Trinajstić information content (AvgIpc) is 3.20. The number of carboxylic acids is 1. The summed E-state index contributed by atoms with van der Waals surface area (Å²) in [5.74, 6) is -2.25. The van der Waals surface area contributed by atoms with Gasteiger partial charge in [0.25, 0.3) is 5.91 Å². The highest BCUT2D eigenvalue weighted by Crippen LogP contribution is 2.32. The SMILES string of the molecule is CC(=O)OCn1nnc(-c2cc(C(=O)O)c(NC(=O)c3ccc(C(C)(C)C)cc3)cc2Cl)n1. The Kier molecular flexibility index (Phi) is 6.78. The minimum absolute atomic E-state index is 0.0217. The smallest absolute Gasteiger partial charge is 0.337 e. The molecule has 0 atom stereocenters. The summed E-state index contributed by atoms with van der Waals surface area (Å²) >= 11 is 6.33. The minimum atomic E-state index is -1.28. The molecular formula is C22H22ClN5O5. The molecule has 0 aliphatic rings. The van der Waals surface area contributed by atoms with Crippen molar-refractivity contribution in [1.29, 1.82) is 0 Å². The molecule has 0 aliphatic heterocycles. The summed E-state index contributed by atoms with van der Waals surface area (Å²) in [6, 6.07) is 9.63. The third-order valence-electron chi connectivity index (χ3n) is 4.68. The summed E-state index contributed by atoms with van der Waals surface area (Å²) in [6.45, 7) is 7.17. The van der Waals surface area contributed by atoms with Crippen molar-refractivity contribution in [3.05, 3.63) is 58.1 Å². The van der Waals surface area contributed by atoms with Crippen LogP contribution in [0.5, 0.6) is 0 Å². The lowest BCUT2D eigenvalue weighted by Gasteiger charge is -2.19. The van der Waals surface area contributed by atoms with Gasteiger partial charge in [-0.15, -0.1) is 15.0 Å². The highest BCUT2D eigenvalue weighted by atomic mass is 35.5. The maximum atomic E-state index is 12.7. The second kappa shape index (κ2) is 9.37. The minimum Gasteiger partial charge on any atom is -0.478 e. The predicted molar refractivity (Wildman–Crippen MR) is 120 cm³/mol. The molecule has 0 saturated heterocycles. The van der Waals surface area contributed by atoms with E-state index in [0.717, 1.165) is 10.4 Å². The number of aromatic carboxylic acids is 1. The van der Waals surface area contributed by atoms with Gasteiger partial charge in [-0.1, -0.05) is 44.5 Å². The fourth-order valence-electron chi connectivity index (χ4n) is 2.90. The Hall–Kier alpha value is -3.79. The van der Waals surface area contributed by atoms with Crippen molar-refractivity contribution in [1.82, 2.24) is 20.2 Å². The second-order valence-electron chi connectivity index (χ2n) is 8.21. The molecule has 3 aromatic rings. The van der Waals surface area contributed by atoms with Gasteiger partial charge < -0.3 is 15.2 Å². The summed E-state index contributed by atoms with van der Waals surface area (Å²) in [7, 11) is 0. The Bertz CT molecular complexity index is 1210. The van der Waals surface area contributed by atoms with E-state index in [4.69, 9.17) is 16.3 Å². The van der Waals surface area contributed by atoms with Gasteiger partial charge in [-0.2, -0.15) is 0 Å². The molecular weight excluding hydrogens is 450 g/mol. The summed E-state index contributed by atoms with van der Waals surface area (Å²) in [5, 5.41) is 24.0. The van der Waals surface area contributed by atoms with Gasteiger partial charge in [0.05, 0.1) is 16.3 Å². The molecule has 2 aromatic carbocycles. The zero-order chi connectivity index (χ0) is 24.3. The molecule has 0 unspecified atom stereocenters. The zero-order valence-electron chi connectivity index (χ0n) is 18.4. The number of carbonyl (C=O) groups is 3. The monoisotopic (exact) mass is 471 g/mol. The van der Waals surface area contributed by atoms with E-state index in [9.17, 15) is 19.5 Å². The Morgan fingerprint density at radius 2 is 1.82 bits per heavy atom. The third kappa shape index (κ3) is 5.72. The van der Waals surface area contributed by atoms with Crippen molar-refractivity contribution in [3.63, 3.8) is 0 Å². The first-order chi connectivity index (χ1) is 15.5. The van der Waals surface area contributed by atoms with Crippen LogP contribution in [0.4, 0.5) is 5.69 Å². The number of halogens is 1. The van der Waals surface area contributed by atoms with E-state index in [0.29, 0.717) is 5.56 Å². The number of benzene rings is 2. The summed E-state index contributed by atoms with van der Waals surface area (Å²) in [4.78, 5) is 36.5. The molecule has 0 aliphatic carbocycles. The number of carbonyl (C=O) groups excluding carboxylic acids is 2. The van der Waals surface area contributed by atoms with E-state index < -0.39 is 17.8 Å². The lowest BCUT2D eigenvalue weighted by atomic mass is 9.86. The zero-order valence-corrected chi connectivity index (χ0v) is 19.2. The summed E-state index contributed by atoms with van der Waals surface area (Å²) in [6.07, 6.45) is 0. The molecule has 172 valence electrons. The Morgan fingerprint density at radius 3 is 2.39 bits per heavy atom. The molecule has 2 N–H and O–H groups in total. The maximum absolute atomic E-state index is 12.7. The van der Waals surface area contributed by atoms with Crippen LogP contribution in [0.25, 0.3) is 11.4 Å². The Morgan fingerprint density at radius 1 is 1.15 bits per heavy atom. The number of tetrazole rings is 1. The molecule has 11 heteroatoms. The van der Waals surface area contributed by atoms with Crippen molar-refractivity contribution in [3.8, 4) is 11.4 Å². The fourth-order valence-corrected chi connectivity index (χ4v) is 3.14. The van der Waals surface area contributed by atoms with Crippen molar-refractivity contribution in [2.24, 2.45) is 0 Å². The molecule has 0 radical (unpaired) electrons. The Balaban J connectivity index is 1.88. The van der Waals surface area contributed by atoms with E-state index in [1.807, 2.05) is 12.1 Å². The summed E-state index contributed by atoms with van der Waals surface area (Å²) in [5.41, 5.74) is 1.37. The van der Waals surface area contributed by atoms with Crippen LogP contribution in [0.1, 0.15) is 54.0 Å². The number of esters is 1. The number of hydrogen-bond donors (Lipinski definition) is 2. The van der Waals surface area contributed by atoms with E-state index >= 15 is 0 Å². The van der Waals surface area contributed by atoms with Gasteiger partial charge in [0.15, 0.2) is 0 Å². The Labute approximate surface area is 194 Å². The van der Waals surface area contributed by atoms with E-state index in [1.54, 1.807) is 12.1 Å². The molecule has 10 nitrogen and oxygen atoms in total. The van der Waals surface area contributed by atoms with Crippen LogP contribution in [-0.4, -0.2) is 43.2 Å². The molecule has 0 bridgehead atoms. The number of amides is 1. The first-order valence-corrected chi connectivity index (χ1v) is 10.2. The van der Waals surface area contributed by atoms with Crippen LogP contribution in [0.2, 0.25) is 5.02 Å². The van der Waals surface area contributed by atoms with Gasteiger partial charge in [0.2, 0.25) is 12.6 Å². The quantitative estimate of drug-likeness (QED) is 0.518. The predicted octanol–water partition coefficient (Wildman–Crippen LogP) is 3.76. The van der Waals surface area contributed by atoms with E-state index in [1.165, 1.54) is 19.1 Å². The van der Waals surface area contributed by atoms with Gasteiger partial charge in [0, 0.05) is 18.1 Å². The van der Waals surface area contributed by atoms with Gasteiger partial charge in [0.1, 0.15) is 0 Å². The molecule has 3 rings (SSSR count). The van der Waals surface area contributed by atoms with Gasteiger partial charge >= 0.3 is 11.9 Å². The molecule has 0 saturated carbocycles. The van der Waals surface area contributed by atoms with Crippen LogP contribution < -0.4 is 5.32 Å². The average molecular weight is 472 g/mol. The first-order valence-electron chi connectivity index (χ1n) is 9.86. The van der Waals surface area contributed by atoms with E-state index in [2.05, 4.69) is 41.5 Å². The molecule has 0 spiro atoms. The highest BCUT2D eigenvalue weighted by molar-refractivity contribution is 6.34. The van der Waals surface area contributed by atoms with Crippen molar-refractivity contribution in [2.75, 3.05) is 5.32 Å². The molecule has 1 aromatic heterocycles. The number of carboxylic acid groups (broad SMARTS) is 1. The second-order valence-corrected chi connectivity index (χ2v) is 8.62. The fraction of sp³-hybridized carbons (Fsp3) is 0.273. The van der Waals surface area contributed by atoms with E-state index in [-0.39, 0.29) is 39.8 Å². The van der Waals surface area contributed by atoms with Crippen LogP contribution in [0.3, 0.4) is 0 Å². The van der Waals surface area contributed by atoms with Gasteiger partial charge in [-0.3, -0.25) is 9.59 Å². The van der Waals surface area contributed by atoms with Gasteiger partial charge in [-0.05, 0) is 40.5 Å². The molecule has 0 fully saturated rings. The normalized spacial score (nSPS) is 11.2. The van der Waals surface area contributed by atoms with Crippen molar-refractivity contribution < 1.29 is 24.2 Å². The highest BCUT2D eigenvalue weighted by Gasteiger charge is 2.21. The third-order valence-corrected chi connectivity index (χ3v) is 4.99. The van der Waals surface area contributed by atoms with Crippen LogP contribution in [-0.2, 0) is 21.7 Å². The number of rotatable bonds is 6. The van der Waals surface area contributed by atoms with Gasteiger partial charge in [-0.25, -0.2) is 4.79 Å². The molecule has 33 heavy (non-hydrogen) atoms. The number of aromatic nitrogens is 4. The largest absolute Gasteiger partial charge is 0.478 e. The number of nitrogens with one attached hydrogen (secondary N) is 1. The topological polar surface area (TPSA) is 136 Å². The van der Waals surface area contributed by atoms with Crippen LogP contribution in [0, 0.1) is 0 Å². The lowest BCUT2D eigenvalue weighted by molar-refractivity contribution is -0.145. The van der Waals surface area contributed by atoms with Crippen LogP contribution >= 0.6 is 11.6 Å². The molecule has 1 heterocycles.